The molecule has 2 aliphatic carbocycles. The summed E-state index contributed by atoms with van der Waals surface area (Å²) in [5.41, 5.74) is 1.02. The molecule has 10 atom stereocenters. The quantitative estimate of drug-likeness (QED) is 0.353. The van der Waals surface area contributed by atoms with Crippen LogP contribution >= 0.6 is 0 Å². The smallest absolute Gasteiger partial charge is 0.334 e. The number of fused-ring (bicyclic) bond motifs is 3. The first-order chi connectivity index (χ1) is 17.2. The van der Waals surface area contributed by atoms with E-state index in [1.807, 2.05) is 6.92 Å². The highest BCUT2D eigenvalue weighted by Crippen LogP contribution is 2.59. The average molecular weight is 509 g/mol. The van der Waals surface area contributed by atoms with Gasteiger partial charge in [0, 0.05) is 5.56 Å². The van der Waals surface area contributed by atoms with Crippen LogP contribution in [0, 0.1) is 17.3 Å². The van der Waals surface area contributed by atoms with E-state index >= 15 is 0 Å². The standard InChI is InChI=1S/C25H32O11/c1-25-8-16(11-6-7-33-10-11)34-23(32)14(25)3-2-12-13(25)4-5-15(18(12)22(30)31)35-24-21(29)20(28)19(27)17(9-26)36-24/h6-7,10,13-17,19-21,24,26-29H,2-5,8-9H2,1H3,(H,30,31)/t13-,14+,15-,16+,17-,19-,20+,21-,24-,25+/m1/s1. The summed E-state index contributed by atoms with van der Waals surface area (Å²) < 4.78 is 22.2. The van der Waals surface area contributed by atoms with Gasteiger partial charge >= 0.3 is 11.9 Å². The molecule has 1 aromatic heterocycles. The number of aliphatic hydroxyl groups is 4. The van der Waals surface area contributed by atoms with Crippen LogP contribution in [0.2, 0.25) is 0 Å². The number of carbonyl (C=O) groups excluding carboxylic acids is 1. The second-order valence-corrected chi connectivity index (χ2v) is 10.5. The number of hydrogen-bond acceptors (Lipinski definition) is 10. The molecule has 4 aliphatic rings. The Balaban J connectivity index is 1.44. The molecule has 0 bridgehead atoms. The molecule has 0 radical (unpaired) electrons. The molecule has 198 valence electrons. The van der Waals surface area contributed by atoms with Crippen LogP contribution in [0.4, 0.5) is 0 Å². The zero-order chi connectivity index (χ0) is 25.8. The van der Waals surface area contributed by atoms with Crippen LogP contribution in [0.1, 0.15) is 50.7 Å². The van der Waals surface area contributed by atoms with Gasteiger partial charge in [-0.1, -0.05) is 12.5 Å². The molecule has 0 amide bonds. The van der Waals surface area contributed by atoms with Crippen molar-refractivity contribution < 1.29 is 53.7 Å². The van der Waals surface area contributed by atoms with Gasteiger partial charge in [0.15, 0.2) is 6.29 Å². The minimum Gasteiger partial charge on any atom is -0.478 e. The molecule has 3 fully saturated rings. The largest absolute Gasteiger partial charge is 0.478 e. The Hall–Kier alpha value is -2.28. The first-order valence-electron chi connectivity index (χ1n) is 12.3. The molecule has 0 unspecified atom stereocenters. The van der Waals surface area contributed by atoms with Gasteiger partial charge in [-0.2, -0.15) is 0 Å². The number of aliphatic carboxylic acids is 1. The van der Waals surface area contributed by atoms with Crippen molar-refractivity contribution >= 4 is 11.9 Å². The van der Waals surface area contributed by atoms with Gasteiger partial charge in [-0.25, -0.2) is 4.79 Å². The monoisotopic (exact) mass is 508 g/mol. The molecule has 1 aromatic rings. The lowest BCUT2D eigenvalue weighted by atomic mass is 9.53. The summed E-state index contributed by atoms with van der Waals surface area (Å²) >= 11 is 0. The van der Waals surface area contributed by atoms with Crippen molar-refractivity contribution in [1.29, 1.82) is 0 Å². The molecule has 11 heteroatoms. The number of carboxylic acid groups (broad SMARTS) is 1. The van der Waals surface area contributed by atoms with Gasteiger partial charge in [-0.05, 0) is 49.5 Å². The Morgan fingerprint density at radius 2 is 1.92 bits per heavy atom. The van der Waals surface area contributed by atoms with Crippen LogP contribution in [-0.4, -0.2) is 80.9 Å². The maximum Gasteiger partial charge on any atom is 0.334 e. The molecule has 1 saturated carbocycles. The van der Waals surface area contributed by atoms with E-state index in [9.17, 15) is 35.1 Å². The van der Waals surface area contributed by atoms with Crippen LogP contribution < -0.4 is 0 Å². The number of allylic oxidation sites excluding steroid dienone is 1. The zero-order valence-corrected chi connectivity index (χ0v) is 19.9. The summed E-state index contributed by atoms with van der Waals surface area (Å²) in [6, 6.07) is 1.76. The first-order valence-corrected chi connectivity index (χ1v) is 12.3. The van der Waals surface area contributed by atoms with E-state index in [1.165, 1.54) is 6.26 Å². The van der Waals surface area contributed by atoms with Gasteiger partial charge in [0.25, 0.3) is 0 Å². The highest BCUT2D eigenvalue weighted by atomic mass is 16.7. The number of carboxylic acids is 1. The van der Waals surface area contributed by atoms with Gasteiger partial charge in [0.2, 0.25) is 0 Å². The Bertz CT molecular complexity index is 1020. The highest BCUT2D eigenvalue weighted by Gasteiger charge is 2.57. The fraction of sp³-hybridized carbons (Fsp3) is 0.680. The third-order valence-corrected chi connectivity index (χ3v) is 8.56. The lowest BCUT2D eigenvalue weighted by Gasteiger charge is -2.54. The molecule has 2 aliphatic heterocycles. The van der Waals surface area contributed by atoms with Crippen molar-refractivity contribution in [2.75, 3.05) is 6.61 Å². The molecular weight excluding hydrogens is 476 g/mol. The van der Waals surface area contributed by atoms with E-state index < -0.39 is 60.9 Å². The topological polar surface area (TPSA) is 176 Å². The maximum atomic E-state index is 13.0. The van der Waals surface area contributed by atoms with Crippen LogP contribution in [0.5, 0.6) is 0 Å². The fourth-order valence-electron chi connectivity index (χ4n) is 6.67. The fourth-order valence-corrected chi connectivity index (χ4v) is 6.67. The van der Waals surface area contributed by atoms with E-state index in [0.717, 1.165) is 5.56 Å². The lowest BCUT2D eigenvalue weighted by Crippen LogP contribution is -2.60. The molecule has 0 spiro atoms. The number of esters is 1. The van der Waals surface area contributed by atoms with Crippen LogP contribution in [0.15, 0.2) is 34.2 Å². The van der Waals surface area contributed by atoms with Crippen molar-refractivity contribution in [2.45, 2.75) is 81.9 Å². The average Bonchev–Trinajstić information content (AvgIpc) is 3.38. The van der Waals surface area contributed by atoms with Crippen LogP contribution in [-0.2, 0) is 23.8 Å². The second-order valence-electron chi connectivity index (χ2n) is 10.5. The van der Waals surface area contributed by atoms with E-state index in [0.29, 0.717) is 37.7 Å². The van der Waals surface area contributed by atoms with Gasteiger partial charge in [0.05, 0.1) is 36.7 Å². The summed E-state index contributed by atoms with van der Waals surface area (Å²) in [4.78, 5) is 25.5. The summed E-state index contributed by atoms with van der Waals surface area (Å²) in [7, 11) is 0. The first kappa shape index (κ1) is 25.4. The number of furan rings is 1. The van der Waals surface area contributed by atoms with Gasteiger partial charge in [0.1, 0.15) is 30.5 Å². The van der Waals surface area contributed by atoms with Crippen molar-refractivity contribution in [1.82, 2.24) is 0 Å². The normalized spacial score (nSPS) is 42.9. The van der Waals surface area contributed by atoms with Crippen LogP contribution in [0.25, 0.3) is 0 Å². The van der Waals surface area contributed by atoms with Gasteiger partial charge in [-0.15, -0.1) is 0 Å². The van der Waals surface area contributed by atoms with Gasteiger partial charge in [-0.3, -0.25) is 4.79 Å². The third kappa shape index (κ3) is 4.07. The minimum atomic E-state index is -1.63. The zero-order valence-electron chi connectivity index (χ0n) is 19.9. The molecule has 11 nitrogen and oxygen atoms in total. The molecule has 5 rings (SSSR count). The SMILES string of the molecule is C[C@@]12C[C@@H](c3ccoc3)OC(=O)[C@@H]1CCC1=C(C(=O)O)[C@H](O[C@@H]3O[C@H](CO)[C@@H](O)[C@H](O)[C@H]3O)CC[C@H]12. The molecule has 36 heavy (non-hydrogen) atoms. The summed E-state index contributed by atoms with van der Waals surface area (Å²) in [5, 5.41) is 50.2. The minimum absolute atomic E-state index is 0.0710. The number of cyclic esters (lactones) is 1. The van der Waals surface area contributed by atoms with E-state index in [1.54, 1.807) is 12.3 Å². The number of ether oxygens (including phenoxy) is 3. The molecular formula is C25H32O11. The van der Waals surface area contributed by atoms with Crippen molar-refractivity contribution in [3.8, 4) is 0 Å². The molecule has 0 aromatic carbocycles. The Labute approximate surface area is 207 Å². The van der Waals surface area contributed by atoms with Crippen molar-refractivity contribution in [2.24, 2.45) is 17.3 Å². The lowest BCUT2D eigenvalue weighted by molar-refractivity contribution is -0.309. The number of carbonyl (C=O) groups is 2. The predicted octanol–water partition coefficient (Wildman–Crippen LogP) is 0.660. The Morgan fingerprint density at radius 1 is 1.14 bits per heavy atom. The third-order valence-electron chi connectivity index (χ3n) is 8.56. The summed E-state index contributed by atoms with van der Waals surface area (Å²) in [6.45, 7) is 1.41. The number of hydrogen-bond donors (Lipinski definition) is 5. The Kier molecular flexibility index (Phi) is 6.73. The van der Waals surface area contributed by atoms with E-state index in [-0.39, 0.29) is 23.4 Å². The maximum absolute atomic E-state index is 13.0. The van der Waals surface area contributed by atoms with E-state index in [2.05, 4.69) is 0 Å². The van der Waals surface area contributed by atoms with Crippen molar-refractivity contribution in [3.05, 3.63) is 35.3 Å². The summed E-state index contributed by atoms with van der Waals surface area (Å²) in [5.74, 6) is -1.98. The molecule has 5 N–H and O–H groups in total. The van der Waals surface area contributed by atoms with Crippen LogP contribution in [0.3, 0.4) is 0 Å². The number of aliphatic hydroxyl groups excluding tert-OH is 4. The number of rotatable bonds is 5. The molecule has 3 heterocycles. The molecule has 2 saturated heterocycles. The Morgan fingerprint density at radius 3 is 2.58 bits per heavy atom. The van der Waals surface area contributed by atoms with E-state index in [4.69, 9.17) is 18.6 Å². The van der Waals surface area contributed by atoms with Gasteiger partial charge < -0.3 is 44.2 Å². The summed E-state index contributed by atoms with van der Waals surface area (Å²) in [6.07, 6.45) is -3.51. The second kappa shape index (κ2) is 9.55. The van der Waals surface area contributed by atoms with Crippen molar-refractivity contribution in [3.63, 3.8) is 0 Å². The predicted molar refractivity (Wildman–Crippen MR) is 119 cm³/mol. The highest BCUT2D eigenvalue weighted by molar-refractivity contribution is 5.89.